The molecule has 1 saturated heterocycles. The number of thioether (sulfide) groups is 1. The second-order valence-corrected chi connectivity index (χ2v) is 6.30. The molecule has 0 aliphatic carbocycles. The molecule has 4 nitrogen and oxygen atoms in total. The fourth-order valence-corrected chi connectivity index (χ4v) is 2.96. The fourth-order valence-electron chi connectivity index (χ4n) is 1.77. The van der Waals surface area contributed by atoms with Gasteiger partial charge in [0.25, 0.3) is 5.91 Å². The number of halogens is 1. The van der Waals surface area contributed by atoms with Crippen LogP contribution >= 0.6 is 27.7 Å². The number of carbonyl (C=O) groups is 1. The first-order valence-electron chi connectivity index (χ1n) is 6.46. The van der Waals surface area contributed by atoms with E-state index in [9.17, 15) is 4.79 Å². The number of hydrogen-bond acceptors (Lipinski definition) is 4. The van der Waals surface area contributed by atoms with Crippen molar-refractivity contribution >= 4 is 50.5 Å². The Morgan fingerprint density at radius 2 is 2.18 bits per heavy atom. The Bertz CT molecular complexity index is 779. The Kier molecular flexibility index (Phi) is 4.60. The van der Waals surface area contributed by atoms with Crippen molar-refractivity contribution in [3.63, 3.8) is 0 Å². The summed E-state index contributed by atoms with van der Waals surface area (Å²) in [5.41, 5.74) is 0.782. The Morgan fingerprint density at radius 3 is 2.95 bits per heavy atom. The van der Waals surface area contributed by atoms with E-state index in [-0.39, 0.29) is 5.91 Å². The number of rotatable bonds is 3. The molecule has 0 radical (unpaired) electrons. The molecule has 1 aromatic heterocycles. The van der Waals surface area contributed by atoms with E-state index in [4.69, 9.17) is 4.42 Å². The van der Waals surface area contributed by atoms with Crippen molar-refractivity contribution in [2.24, 2.45) is 4.99 Å². The van der Waals surface area contributed by atoms with Crippen molar-refractivity contribution in [3.8, 4) is 0 Å². The Hall–Kier alpha value is -2.05. The predicted octanol–water partition coefficient (Wildman–Crippen LogP) is 4.49. The van der Waals surface area contributed by atoms with E-state index in [1.807, 2.05) is 36.4 Å². The maximum absolute atomic E-state index is 11.9. The number of hydrogen-bond donors (Lipinski definition) is 1. The number of amides is 1. The zero-order valence-electron chi connectivity index (χ0n) is 11.3. The van der Waals surface area contributed by atoms with Gasteiger partial charge in [0.1, 0.15) is 5.76 Å². The van der Waals surface area contributed by atoms with Crippen LogP contribution in [-0.4, -0.2) is 11.1 Å². The molecule has 1 N–H and O–H groups in total. The molecule has 0 bridgehead atoms. The summed E-state index contributed by atoms with van der Waals surface area (Å²) in [7, 11) is 0. The number of nitrogens with zero attached hydrogens (tertiary/aromatic N) is 1. The zero-order chi connectivity index (χ0) is 15.4. The minimum Gasteiger partial charge on any atom is -0.465 e. The van der Waals surface area contributed by atoms with Gasteiger partial charge in [0.05, 0.1) is 16.9 Å². The summed E-state index contributed by atoms with van der Waals surface area (Å²) < 4.78 is 6.13. The molecule has 22 heavy (non-hydrogen) atoms. The zero-order valence-corrected chi connectivity index (χ0v) is 13.7. The van der Waals surface area contributed by atoms with E-state index in [0.717, 1.165) is 15.9 Å². The topological polar surface area (TPSA) is 54.6 Å². The van der Waals surface area contributed by atoms with E-state index >= 15 is 0 Å². The van der Waals surface area contributed by atoms with Crippen molar-refractivity contribution in [2.45, 2.75) is 0 Å². The molecule has 0 spiro atoms. The van der Waals surface area contributed by atoms with Crippen LogP contribution in [-0.2, 0) is 4.79 Å². The minimum absolute atomic E-state index is 0.150. The van der Waals surface area contributed by atoms with Crippen LogP contribution in [0.25, 0.3) is 6.08 Å². The van der Waals surface area contributed by atoms with Crippen LogP contribution in [0.3, 0.4) is 0 Å². The molecule has 2 aromatic rings. The number of allylic oxidation sites excluding steroid dienone is 2. The highest BCUT2D eigenvalue weighted by atomic mass is 79.9. The van der Waals surface area contributed by atoms with Gasteiger partial charge >= 0.3 is 0 Å². The number of benzene rings is 1. The molecule has 1 aromatic carbocycles. The van der Waals surface area contributed by atoms with E-state index in [2.05, 4.69) is 26.2 Å². The number of nitrogens with one attached hydrogen (secondary N) is 1. The van der Waals surface area contributed by atoms with Gasteiger partial charge in [-0.05, 0) is 54.2 Å². The van der Waals surface area contributed by atoms with Crippen molar-refractivity contribution in [1.82, 2.24) is 5.32 Å². The molecule has 1 amide bonds. The summed E-state index contributed by atoms with van der Waals surface area (Å²) in [6, 6.07) is 11.2. The maximum Gasteiger partial charge on any atom is 0.264 e. The summed E-state index contributed by atoms with van der Waals surface area (Å²) >= 11 is 4.71. The van der Waals surface area contributed by atoms with Gasteiger partial charge in [-0.3, -0.25) is 4.79 Å². The SMILES string of the molecule is O=C1NC(=Nc2cccc(Br)c2)S/C1=C\C=C\c1ccco1. The average Bonchev–Trinajstić information content (AvgIpc) is 3.10. The van der Waals surface area contributed by atoms with Crippen LogP contribution in [0, 0.1) is 0 Å². The lowest BCUT2D eigenvalue weighted by Crippen LogP contribution is -2.19. The maximum atomic E-state index is 11.9. The molecular formula is C16H11BrN2O2S. The highest BCUT2D eigenvalue weighted by Gasteiger charge is 2.23. The molecule has 6 heteroatoms. The van der Waals surface area contributed by atoms with Crippen LogP contribution in [0.4, 0.5) is 5.69 Å². The smallest absolute Gasteiger partial charge is 0.264 e. The van der Waals surface area contributed by atoms with Crippen LogP contribution < -0.4 is 5.32 Å². The van der Waals surface area contributed by atoms with Gasteiger partial charge in [-0.1, -0.05) is 28.1 Å². The lowest BCUT2D eigenvalue weighted by Gasteiger charge is -1.96. The largest absolute Gasteiger partial charge is 0.465 e. The van der Waals surface area contributed by atoms with Gasteiger partial charge in [-0.2, -0.15) is 0 Å². The van der Waals surface area contributed by atoms with E-state index in [1.54, 1.807) is 24.5 Å². The van der Waals surface area contributed by atoms with Gasteiger partial charge in [0.15, 0.2) is 5.17 Å². The van der Waals surface area contributed by atoms with Crippen LogP contribution in [0.1, 0.15) is 5.76 Å². The van der Waals surface area contributed by atoms with Crippen molar-refractivity contribution in [3.05, 3.63) is 70.0 Å². The number of amidine groups is 1. The lowest BCUT2D eigenvalue weighted by atomic mass is 10.3. The highest BCUT2D eigenvalue weighted by Crippen LogP contribution is 2.27. The molecule has 0 saturated carbocycles. The van der Waals surface area contributed by atoms with Gasteiger partial charge in [0, 0.05) is 4.47 Å². The fraction of sp³-hybridized carbons (Fsp3) is 0. The normalized spacial score (nSPS) is 18.5. The van der Waals surface area contributed by atoms with Crippen LogP contribution in [0.5, 0.6) is 0 Å². The quantitative estimate of drug-likeness (QED) is 0.805. The van der Waals surface area contributed by atoms with Crippen molar-refractivity contribution in [2.75, 3.05) is 0 Å². The highest BCUT2D eigenvalue weighted by molar-refractivity contribution is 9.10. The lowest BCUT2D eigenvalue weighted by molar-refractivity contribution is -0.115. The molecule has 0 atom stereocenters. The van der Waals surface area contributed by atoms with Crippen molar-refractivity contribution in [1.29, 1.82) is 0 Å². The van der Waals surface area contributed by atoms with Gasteiger partial charge in [-0.25, -0.2) is 4.99 Å². The third-order valence-electron chi connectivity index (χ3n) is 2.74. The average molecular weight is 375 g/mol. The third-order valence-corrected chi connectivity index (χ3v) is 4.16. The van der Waals surface area contributed by atoms with E-state index in [1.165, 1.54) is 11.8 Å². The first kappa shape index (κ1) is 14.9. The second-order valence-electron chi connectivity index (χ2n) is 4.36. The summed E-state index contributed by atoms with van der Waals surface area (Å²) in [5.74, 6) is 0.589. The number of carbonyl (C=O) groups excluding carboxylic acids is 1. The van der Waals surface area contributed by atoms with Gasteiger partial charge in [0.2, 0.25) is 0 Å². The van der Waals surface area contributed by atoms with E-state index < -0.39 is 0 Å². The first-order valence-corrected chi connectivity index (χ1v) is 8.07. The Balaban J connectivity index is 1.73. The molecule has 1 aliphatic rings. The van der Waals surface area contributed by atoms with Gasteiger partial charge in [-0.15, -0.1) is 0 Å². The summed E-state index contributed by atoms with van der Waals surface area (Å²) in [4.78, 5) is 16.9. The summed E-state index contributed by atoms with van der Waals surface area (Å²) in [6.07, 6.45) is 6.92. The van der Waals surface area contributed by atoms with Gasteiger partial charge < -0.3 is 9.73 Å². The number of aliphatic imine (C=N–C) groups is 1. The molecule has 0 unspecified atom stereocenters. The standard InChI is InChI=1S/C16H11BrN2O2S/c17-11-4-1-5-12(10-11)18-16-19-15(20)14(22-16)8-2-6-13-7-3-9-21-13/h1-10H,(H,18,19,20)/b6-2+,14-8-. The third kappa shape index (κ3) is 3.78. The molecule has 1 fully saturated rings. The van der Waals surface area contributed by atoms with Crippen molar-refractivity contribution < 1.29 is 9.21 Å². The van der Waals surface area contributed by atoms with E-state index in [0.29, 0.717) is 10.1 Å². The molecular weight excluding hydrogens is 364 g/mol. The van der Waals surface area contributed by atoms with Crippen LogP contribution in [0.15, 0.2) is 73.6 Å². The molecule has 110 valence electrons. The Labute approximate surface area is 140 Å². The molecule has 1 aliphatic heterocycles. The predicted molar refractivity (Wildman–Crippen MR) is 92.8 cm³/mol. The summed E-state index contributed by atoms with van der Waals surface area (Å²) in [6.45, 7) is 0. The monoisotopic (exact) mass is 374 g/mol. The molecule has 2 heterocycles. The Morgan fingerprint density at radius 1 is 1.27 bits per heavy atom. The summed E-state index contributed by atoms with van der Waals surface area (Å²) in [5, 5.41) is 3.32. The number of furan rings is 1. The minimum atomic E-state index is -0.150. The second kappa shape index (κ2) is 6.81. The van der Waals surface area contributed by atoms with Crippen LogP contribution in [0.2, 0.25) is 0 Å². The molecule has 3 rings (SSSR count). The first-order chi connectivity index (χ1) is 10.7.